The van der Waals surface area contributed by atoms with Crippen LogP contribution in [0.2, 0.25) is 0 Å². The van der Waals surface area contributed by atoms with Crippen LogP contribution in [0.25, 0.3) is 0 Å². The first-order valence-electron chi connectivity index (χ1n) is 5.15. The summed E-state index contributed by atoms with van der Waals surface area (Å²) in [6, 6.07) is 4.54. The minimum Gasteiger partial charge on any atom is -0.375 e. The van der Waals surface area contributed by atoms with Gasteiger partial charge in [0, 0.05) is 18.4 Å². The molecule has 15 heavy (non-hydrogen) atoms. The largest absolute Gasteiger partial charge is 0.375 e. The van der Waals surface area contributed by atoms with Crippen molar-refractivity contribution in [3.8, 4) is 0 Å². The summed E-state index contributed by atoms with van der Waals surface area (Å²) < 4.78 is 5.60. The smallest absolute Gasteiger partial charge is 0.0732 e. The number of hydrogen-bond donors (Lipinski definition) is 1. The quantitative estimate of drug-likeness (QED) is 0.853. The van der Waals surface area contributed by atoms with Crippen molar-refractivity contribution in [1.82, 2.24) is 10.3 Å². The first kappa shape index (κ1) is 12.4. The number of nitrogens with one attached hydrogen (secondary N) is 1. The van der Waals surface area contributed by atoms with Crippen LogP contribution in [0.3, 0.4) is 0 Å². The molecule has 0 aliphatic carbocycles. The number of halogens is 1. The van der Waals surface area contributed by atoms with Crippen LogP contribution in [0, 0.1) is 0 Å². The summed E-state index contributed by atoms with van der Waals surface area (Å²) >= 11 is 0. The van der Waals surface area contributed by atoms with Crippen molar-refractivity contribution in [2.24, 2.45) is 0 Å². The maximum atomic E-state index is 5.60. The Hall–Kier alpha value is -0.640. The van der Waals surface area contributed by atoms with Gasteiger partial charge in [-0.3, -0.25) is 4.98 Å². The van der Waals surface area contributed by atoms with Crippen LogP contribution in [0.15, 0.2) is 24.5 Å². The van der Waals surface area contributed by atoms with Crippen molar-refractivity contribution in [3.05, 3.63) is 30.1 Å². The Balaban J connectivity index is 0.00000112. The van der Waals surface area contributed by atoms with Crippen LogP contribution in [-0.4, -0.2) is 24.2 Å². The molecule has 1 aliphatic rings. The minimum absolute atomic E-state index is 0. The third kappa shape index (κ3) is 4.16. The lowest BCUT2D eigenvalue weighted by Crippen LogP contribution is -2.26. The van der Waals surface area contributed by atoms with Crippen LogP contribution in [-0.2, 0) is 11.3 Å². The Bertz CT molecular complexity index is 263. The van der Waals surface area contributed by atoms with E-state index >= 15 is 0 Å². The maximum Gasteiger partial charge on any atom is 0.0732 e. The molecule has 2 heterocycles. The van der Waals surface area contributed by atoms with Crippen LogP contribution >= 0.6 is 12.4 Å². The highest BCUT2D eigenvalue weighted by atomic mass is 35.5. The number of nitrogens with zero attached hydrogens (tertiary/aromatic N) is 1. The Kier molecular flexibility index (Phi) is 5.61. The van der Waals surface area contributed by atoms with Crippen molar-refractivity contribution < 1.29 is 4.74 Å². The fraction of sp³-hybridized carbons (Fsp3) is 0.545. The molecule has 0 saturated carbocycles. The van der Waals surface area contributed by atoms with Gasteiger partial charge in [-0.25, -0.2) is 0 Å². The number of aromatic nitrogens is 1. The SMILES string of the molecule is Cl.c1cncc(COCC2CCCN2)c1. The molecule has 1 aromatic rings. The molecular formula is C11H17ClN2O. The van der Waals surface area contributed by atoms with Crippen molar-refractivity contribution >= 4 is 12.4 Å². The monoisotopic (exact) mass is 228 g/mol. The lowest BCUT2D eigenvalue weighted by molar-refractivity contribution is 0.103. The first-order valence-corrected chi connectivity index (χ1v) is 5.15. The predicted octanol–water partition coefficient (Wildman–Crippen LogP) is 1.77. The van der Waals surface area contributed by atoms with Crippen LogP contribution in [0.1, 0.15) is 18.4 Å². The molecule has 1 atom stereocenters. The summed E-state index contributed by atoms with van der Waals surface area (Å²) in [5, 5.41) is 3.40. The van der Waals surface area contributed by atoms with Gasteiger partial charge in [0.1, 0.15) is 0 Å². The molecule has 0 aromatic carbocycles. The van der Waals surface area contributed by atoms with Crippen LogP contribution < -0.4 is 5.32 Å². The van der Waals surface area contributed by atoms with Crippen molar-refractivity contribution in [2.75, 3.05) is 13.2 Å². The second-order valence-corrected chi connectivity index (χ2v) is 3.67. The molecule has 0 amide bonds. The first-order chi connectivity index (χ1) is 6.95. The molecule has 1 saturated heterocycles. The van der Waals surface area contributed by atoms with E-state index in [1.165, 1.54) is 12.8 Å². The summed E-state index contributed by atoms with van der Waals surface area (Å²) in [5.41, 5.74) is 1.14. The molecular weight excluding hydrogens is 212 g/mol. The summed E-state index contributed by atoms with van der Waals surface area (Å²) in [7, 11) is 0. The maximum absolute atomic E-state index is 5.60. The molecule has 1 aliphatic heterocycles. The molecule has 2 rings (SSSR count). The lowest BCUT2D eigenvalue weighted by atomic mass is 10.2. The number of rotatable bonds is 4. The minimum atomic E-state index is 0. The second kappa shape index (κ2) is 6.77. The zero-order valence-corrected chi connectivity index (χ0v) is 9.50. The molecule has 0 radical (unpaired) electrons. The van der Waals surface area contributed by atoms with Gasteiger partial charge in [-0.1, -0.05) is 6.07 Å². The number of ether oxygens (including phenoxy) is 1. The molecule has 84 valence electrons. The molecule has 0 bridgehead atoms. The van der Waals surface area contributed by atoms with Gasteiger partial charge in [0.25, 0.3) is 0 Å². The van der Waals surface area contributed by atoms with E-state index in [1.54, 1.807) is 6.20 Å². The van der Waals surface area contributed by atoms with E-state index in [4.69, 9.17) is 4.74 Å². The fourth-order valence-corrected chi connectivity index (χ4v) is 1.70. The van der Waals surface area contributed by atoms with Crippen molar-refractivity contribution in [1.29, 1.82) is 0 Å². The highest BCUT2D eigenvalue weighted by Crippen LogP contribution is 2.06. The fourth-order valence-electron chi connectivity index (χ4n) is 1.70. The average molecular weight is 229 g/mol. The van der Waals surface area contributed by atoms with E-state index in [1.807, 2.05) is 18.3 Å². The van der Waals surface area contributed by atoms with Gasteiger partial charge in [-0.05, 0) is 31.0 Å². The molecule has 0 spiro atoms. The third-order valence-corrected chi connectivity index (χ3v) is 2.47. The summed E-state index contributed by atoms with van der Waals surface area (Å²) in [6.45, 7) is 2.63. The van der Waals surface area contributed by atoms with Crippen LogP contribution in [0.5, 0.6) is 0 Å². The van der Waals surface area contributed by atoms with Crippen molar-refractivity contribution in [2.45, 2.75) is 25.5 Å². The lowest BCUT2D eigenvalue weighted by Gasteiger charge is -2.10. The van der Waals surface area contributed by atoms with E-state index < -0.39 is 0 Å². The van der Waals surface area contributed by atoms with E-state index in [2.05, 4.69) is 10.3 Å². The zero-order valence-electron chi connectivity index (χ0n) is 8.69. The molecule has 1 fully saturated rings. The van der Waals surface area contributed by atoms with E-state index in [0.717, 1.165) is 18.7 Å². The number of pyridine rings is 1. The van der Waals surface area contributed by atoms with Crippen LogP contribution in [0.4, 0.5) is 0 Å². The predicted molar refractivity (Wildman–Crippen MR) is 62.2 cm³/mol. The van der Waals surface area contributed by atoms with E-state index in [0.29, 0.717) is 12.6 Å². The van der Waals surface area contributed by atoms with Gasteiger partial charge < -0.3 is 10.1 Å². The summed E-state index contributed by atoms with van der Waals surface area (Å²) in [5.74, 6) is 0. The topological polar surface area (TPSA) is 34.1 Å². The second-order valence-electron chi connectivity index (χ2n) is 3.67. The van der Waals surface area contributed by atoms with Gasteiger partial charge >= 0.3 is 0 Å². The van der Waals surface area contributed by atoms with Gasteiger partial charge in [0.2, 0.25) is 0 Å². The van der Waals surface area contributed by atoms with Gasteiger partial charge in [0.05, 0.1) is 13.2 Å². The summed E-state index contributed by atoms with van der Waals surface area (Å²) in [6.07, 6.45) is 6.15. The molecule has 1 N–H and O–H groups in total. The average Bonchev–Trinajstić information content (AvgIpc) is 2.72. The van der Waals surface area contributed by atoms with Crippen molar-refractivity contribution in [3.63, 3.8) is 0 Å². The molecule has 1 aromatic heterocycles. The molecule has 3 nitrogen and oxygen atoms in total. The van der Waals surface area contributed by atoms with E-state index in [-0.39, 0.29) is 12.4 Å². The Labute approximate surface area is 96.7 Å². The zero-order chi connectivity index (χ0) is 9.64. The van der Waals surface area contributed by atoms with E-state index in [9.17, 15) is 0 Å². The van der Waals surface area contributed by atoms with Gasteiger partial charge in [-0.15, -0.1) is 12.4 Å². The molecule has 1 unspecified atom stereocenters. The van der Waals surface area contributed by atoms with Gasteiger partial charge in [0.15, 0.2) is 0 Å². The Morgan fingerprint density at radius 3 is 3.13 bits per heavy atom. The normalized spacial score (nSPS) is 19.9. The third-order valence-electron chi connectivity index (χ3n) is 2.47. The Morgan fingerprint density at radius 2 is 2.47 bits per heavy atom. The number of hydrogen-bond acceptors (Lipinski definition) is 3. The van der Waals surface area contributed by atoms with Gasteiger partial charge in [-0.2, -0.15) is 0 Å². The highest BCUT2D eigenvalue weighted by molar-refractivity contribution is 5.85. The molecule has 4 heteroatoms. The summed E-state index contributed by atoms with van der Waals surface area (Å²) in [4.78, 5) is 4.04. The Morgan fingerprint density at radius 1 is 1.53 bits per heavy atom. The standard InChI is InChI=1S/C11H16N2O.ClH/c1-3-10(7-12-5-1)8-14-9-11-4-2-6-13-11;/h1,3,5,7,11,13H,2,4,6,8-9H2;1H. The highest BCUT2D eigenvalue weighted by Gasteiger charge is 2.13.